The van der Waals surface area contributed by atoms with Crippen LogP contribution in [-0.4, -0.2) is 28.5 Å². The number of hydroxylamine groups is 1. The third-order valence-electron chi connectivity index (χ3n) is 3.77. The lowest BCUT2D eigenvalue weighted by Crippen LogP contribution is -2.40. The molecule has 0 aliphatic carbocycles. The van der Waals surface area contributed by atoms with E-state index >= 15 is 0 Å². The number of hydrogen-bond acceptors (Lipinski definition) is 5. The second-order valence-corrected chi connectivity index (χ2v) is 5.32. The maximum absolute atomic E-state index is 9.90. The lowest BCUT2D eigenvalue weighted by molar-refractivity contribution is -0.0641. The lowest BCUT2D eigenvalue weighted by Gasteiger charge is -2.17. The van der Waals surface area contributed by atoms with Gasteiger partial charge in [-0.2, -0.15) is 10.3 Å². The molecule has 0 aromatic heterocycles. The number of rotatable bonds is 0. The van der Waals surface area contributed by atoms with Gasteiger partial charge in [-0.1, -0.05) is 31.0 Å². The summed E-state index contributed by atoms with van der Waals surface area (Å²) < 4.78 is 0. The van der Waals surface area contributed by atoms with Gasteiger partial charge in [-0.3, -0.25) is 5.21 Å². The van der Waals surface area contributed by atoms with Crippen LogP contribution in [-0.2, 0) is 6.42 Å². The minimum atomic E-state index is 0.558. The number of nitrogens with one attached hydrogen (secondary N) is 1. The molecule has 1 aromatic carbocycles. The Morgan fingerprint density at radius 2 is 2.00 bits per heavy atom. The van der Waals surface area contributed by atoms with E-state index in [2.05, 4.69) is 39.9 Å². The molecule has 0 unspecified atom stereocenters. The van der Waals surface area contributed by atoms with Crippen molar-refractivity contribution in [2.45, 2.75) is 38.5 Å². The highest BCUT2D eigenvalue weighted by molar-refractivity contribution is 6.14. The van der Waals surface area contributed by atoms with E-state index in [0.717, 1.165) is 35.8 Å². The third-order valence-corrected chi connectivity index (χ3v) is 3.77. The Hall–Kier alpha value is -1.72. The molecular formula is C15H20N4O. The van der Waals surface area contributed by atoms with Crippen molar-refractivity contribution < 1.29 is 5.21 Å². The van der Waals surface area contributed by atoms with Crippen LogP contribution in [0, 0.1) is 0 Å². The number of benzene rings is 1. The summed E-state index contributed by atoms with van der Waals surface area (Å²) in [5.41, 5.74) is 6.33. The van der Waals surface area contributed by atoms with Crippen LogP contribution in [0.3, 0.4) is 0 Å². The topological polar surface area (TPSA) is 60.2 Å². The summed E-state index contributed by atoms with van der Waals surface area (Å²) in [6, 6.07) is 8.50. The van der Waals surface area contributed by atoms with Crippen LogP contribution in [0.5, 0.6) is 0 Å². The highest BCUT2D eigenvalue weighted by atomic mass is 16.5. The maximum atomic E-state index is 9.90. The first-order valence-corrected chi connectivity index (χ1v) is 7.28. The molecule has 0 atom stereocenters. The molecule has 0 amide bonds. The minimum absolute atomic E-state index is 0.558. The van der Waals surface area contributed by atoms with Gasteiger partial charge in [0.2, 0.25) is 0 Å². The number of amidine groups is 1. The molecule has 2 heterocycles. The monoisotopic (exact) mass is 272 g/mol. The standard InChI is InChI=1S/C15H20N4O/c20-19-15-11-14(17-18-15)13-8-5-7-12(10-13)6-3-1-2-4-9-16-19/h5,7-8,10,16,20H,1-4,6,9,11H2. The molecule has 2 aliphatic heterocycles. The van der Waals surface area contributed by atoms with Crippen molar-refractivity contribution in [2.24, 2.45) is 10.2 Å². The van der Waals surface area contributed by atoms with Gasteiger partial charge in [0, 0.05) is 6.54 Å². The molecule has 0 fully saturated rings. The van der Waals surface area contributed by atoms with E-state index in [1.165, 1.54) is 24.8 Å². The SMILES string of the molecule is ON1NCCCCCCc2cccc(c2)C2=NN=C1C2. The van der Waals surface area contributed by atoms with Gasteiger partial charge in [-0.25, -0.2) is 5.43 Å². The van der Waals surface area contributed by atoms with Crippen molar-refractivity contribution >= 4 is 11.5 Å². The summed E-state index contributed by atoms with van der Waals surface area (Å²) in [5, 5.41) is 19.2. The van der Waals surface area contributed by atoms with E-state index in [1.54, 1.807) is 0 Å². The zero-order valence-corrected chi connectivity index (χ0v) is 11.5. The second-order valence-electron chi connectivity index (χ2n) is 5.32. The lowest BCUT2D eigenvalue weighted by atomic mass is 10.0. The predicted molar refractivity (Wildman–Crippen MR) is 78.8 cm³/mol. The fourth-order valence-electron chi connectivity index (χ4n) is 2.61. The minimum Gasteiger partial charge on any atom is -0.272 e. The predicted octanol–water partition coefficient (Wildman–Crippen LogP) is 2.51. The summed E-state index contributed by atoms with van der Waals surface area (Å²) in [6.45, 7) is 0.760. The zero-order chi connectivity index (χ0) is 13.8. The first-order chi connectivity index (χ1) is 9.83. The van der Waals surface area contributed by atoms with Gasteiger partial charge in [-0.05, 0) is 36.5 Å². The fourth-order valence-corrected chi connectivity index (χ4v) is 2.61. The number of hydrogen-bond donors (Lipinski definition) is 2. The highest BCUT2D eigenvalue weighted by Crippen LogP contribution is 2.16. The molecule has 3 rings (SSSR count). The van der Waals surface area contributed by atoms with Crippen molar-refractivity contribution in [1.82, 2.24) is 10.6 Å². The van der Waals surface area contributed by atoms with Crippen LogP contribution in [0.2, 0.25) is 0 Å². The summed E-state index contributed by atoms with van der Waals surface area (Å²) >= 11 is 0. The van der Waals surface area contributed by atoms with Crippen molar-refractivity contribution in [3.8, 4) is 0 Å². The molecule has 1 aromatic rings. The summed E-state index contributed by atoms with van der Waals surface area (Å²) in [5.74, 6) is 0.558. The Labute approximate surface area is 118 Å². The summed E-state index contributed by atoms with van der Waals surface area (Å²) in [6.07, 6.45) is 6.34. The first-order valence-electron chi connectivity index (χ1n) is 7.28. The molecule has 2 aliphatic rings. The molecule has 106 valence electrons. The molecule has 5 nitrogen and oxygen atoms in total. The molecule has 0 saturated heterocycles. The molecule has 5 heteroatoms. The Morgan fingerprint density at radius 1 is 1.10 bits per heavy atom. The van der Waals surface area contributed by atoms with Crippen LogP contribution in [0.1, 0.15) is 43.2 Å². The Bertz CT molecular complexity index is 538. The van der Waals surface area contributed by atoms with Gasteiger partial charge >= 0.3 is 0 Å². The van der Waals surface area contributed by atoms with Gasteiger partial charge in [0.05, 0.1) is 12.1 Å². The maximum Gasteiger partial charge on any atom is 0.175 e. The van der Waals surface area contributed by atoms with Gasteiger partial charge in [0.25, 0.3) is 0 Å². The molecule has 4 bridgehead atoms. The fraction of sp³-hybridized carbons (Fsp3) is 0.467. The van der Waals surface area contributed by atoms with Crippen molar-refractivity contribution in [2.75, 3.05) is 6.54 Å². The van der Waals surface area contributed by atoms with Crippen molar-refractivity contribution in [3.05, 3.63) is 35.4 Å². The van der Waals surface area contributed by atoms with E-state index in [9.17, 15) is 5.21 Å². The third kappa shape index (κ3) is 3.05. The van der Waals surface area contributed by atoms with Crippen LogP contribution in [0.25, 0.3) is 0 Å². The van der Waals surface area contributed by atoms with Crippen LogP contribution < -0.4 is 5.43 Å². The first kappa shape index (κ1) is 13.3. The van der Waals surface area contributed by atoms with Crippen LogP contribution in [0.15, 0.2) is 34.5 Å². The van der Waals surface area contributed by atoms with Crippen molar-refractivity contribution in [1.29, 1.82) is 0 Å². The van der Waals surface area contributed by atoms with Gasteiger partial charge in [0.15, 0.2) is 5.84 Å². The van der Waals surface area contributed by atoms with E-state index in [1.807, 2.05) is 0 Å². The average Bonchev–Trinajstić information content (AvgIpc) is 2.95. The Kier molecular flexibility index (Phi) is 4.08. The quantitative estimate of drug-likeness (QED) is 0.763. The number of aryl methyl sites for hydroxylation is 1. The van der Waals surface area contributed by atoms with Gasteiger partial charge in [-0.15, -0.1) is 5.10 Å². The van der Waals surface area contributed by atoms with Crippen LogP contribution in [0.4, 0.5) is 0 Å². The summed E-state index contributed by atoms with van der Waals surface area (Å²) in [7, 11) is 0. The molecule has 0 radical (unpaired) electrons. The Balaban J connectivity index is 1.80. The van der Waals surface area contributed by atoms with Gasteiger partial charge in [0.1, 0.15) is 0 Å². The van der Waals surface area contributed by atoms with Crippen molar-refractivity contribution in [3.63, 3.8) is 0 Å². The molecule has 0 saturated carbocycles. The van der Waals surface area contributed by atoms with E-state index in [0.29, 0.717) is 12.3 Å². The number of nitrogens with zero attached hydrogens (tertiary/aromatic N) is 3. The largest absolute Gasteiger partial charge is 0.272 e. The van der Waals surface area contributed by atoms with E-state index in [4.69, 9.17) is 0 Å². The van der Waals surface area contributed by atoms with E-state index < -0.39 is 0 Å². The Morgan fingerprint density at radius 3 is 2.95 bits per heavy atom. The molecule has 0 spiro atoms. The second kappa shape index (κ2) is 6.15. The van der Waals surface area contributed by atoms with E-state index in [-0.39, 0.29) is 0 Å². The smallest absolute Gasteiger partial charge is 0.175 e. The normalized spacial score (nSPS) is 20.1. The van der Waals surface area contributed by atoms with Gasteiger partial charge < -0.3 is 0 Å². The molecular weight excluding hydrogens is 252 g/mol. The highest BCUT2D eigenvalue weighted by Gasteiger charge is 2.19. The average molecular weight is 272 g/mol. The molecule has 20 heavy (non-hydrogen) atoms. The number of hydrazine groups is 1. The summed E-state index contributed by atoms with van der Waals surface area (Å²) in [4.78, 5) is 0. The zero-order valence-electron chi connectivity index (χ0n) is 11.5. The van der Waals surface area contributed by atoms with Crippen LogP contribution >= 0.6 is 0 Å². The number of fused-ring (bicyclic) bond motifs is 5. The molecule has 2 N–H and O–H groups in total.